The van der Waals surface area contributed by atoms with Crippen molar-refractivity contribution in [2.75, 3.05) is 0 Å². The van der Waals surface area contributed by atoms with Crippen LogP contribution in [0.25, 0.3) is 0 Å². The fraction of sp³-hybridized carbons (Fsp3) is 0.625. The summed E-state index contributed by atoms with van der Waals surface area (Å²) in [6, 6.07) is 7.70. The van der Waals surface area contributed by atoms with Gasteiger partial charge in [-0.25, -0.2) is 0 Å². The van der Waals surface area contributed by atoms with Crippen LogP contribution in [-0.4, -0.2) is 6.04 Å². The summed E-state index contributed by atoms with van der Waals surface area (Å²) < 4.78 is 0. The molecule has 1 aromatic rings. The van der Waals surface area contributed by atoms with Crippen LogP contribution in [0.3, 0.4) is 0 Å². The summed E-state index contributed by atoms with van der Waals surface area (Å²) in [6.07, 6.45) is 3.79. The van der Waals surface area contributed by atoms with Crippen molar-refractivity contribution in [2.45, 2.75) is 66.0 Å². The molecule has 0 saturated heterocycles. The van der Waals surface area contributed by atoms with Crippen LogP contribution in [-0.2, 0) is 0 Å². The Hall–Kier alpha value is -0.820. The minimum absolute atomic E-state index is 0.509. The van der Waals surface area contributed by atoms with Crippen LogP contribution in [0.15, 0.2) is 18.2 Å². The largest absolute Gasteiger partial charge is 0.308 e. The van der Waals surface area contributed by atoms with E-state index in [1.165, 1.54) is 36.0 Å². The average molecular weight is 233 g/mol. The van der Waals surface area contributed by atoms with Gasteiger partial charge >= 0.3 is 0 Å². The monoisotopic (exact) mass is 233 g/mol. The fourth-order valence-electron chi connectivity index (χ4n) is 2.29. The number of rotatable bonds is 6. The molecule has 1 unspecified atom stereocenters. The van der Waals surface area contributed by atoms with E-state index in [-0.39, 0.29) is 0 Å². The van der Waals surface area contributed by atoms with Gasteiger partial charge in [0.2, 0.25) is 0 Å². The van der Waals surface area contributed by atoms with Crippen LogP contribution in [0.4, 0.5) is 0 Å². The van der Waals surface area contributed by atoms with Gasteiger partial charge in [-0.05, 0) is 37.0 Å². The van der Waals surface area contributed by atoms with Crippen LogP contribution in [0, 0.1) is 13.8 Å². The van der Waals surface area contributed by atoms with E-state index in [1.54, 1.807) is 0 Å². The van der Waals surface area contributed by atoms with Gasteiger partial charge in [0.15, 0.2) is 0 Å². The quantitative estimate of drug-likeness (QED) is 0.761. The van der Waals surface area contributed by atoms with Gasteiger partial charge in [-0.1, -0.05) is 51.8 Å². The van der Waals surface area contributed by atoms with E-state index in [0.29, 0.717) is 12.1 Å². The van der Waals surface area contributed by atoms with Crippen LogP contribution in [0.1, 0.15) is 62.8 Å². The zero-order valence-corrected chi connectivity index (χ0v) is 12.0. The predicted octanol–water partition coefficient (Wildman–Crippen LogP) is 4.53. The maximum atomic E-state index is 3.70. The van der Waals surface area contributed by atoms with E-state index in [1.807, 2.05) is 0 Å². The molecular weight excluding hydrogens is 206 g/mol. The number of hydrogen-bond acceptors (Lipinski definition) is 1. The molecule has 0 saturated carbocycles. The Morgan fingerprint density at radius 3 is 2.47 bits per heavy atom. The number of nitrogens with one attached hydrogen (secondary N) is 1. The van der Waals surface area contributed by atoms with Gasteiger partial charge in [-0.3, -0.25) is 0 Å². The molecule has 1 heteroatoms. The summed E-state index contributed by atoms with van der Waals surface area (Å²) in [7, 11) is 0. The fourth-order valence-corrected chi connectivity index (χ4v) is 2.29. The Kier molecular flexibility index (Phi) is 5.70. The molecule has 0 fully saturated rings. The van der Waals surface area contributed by atoms with E-state index < -0.39 is 0 Å². The normalized spacial score (nSPS) is 13.1. The smallest absolute Gasteiger partial charge is 0.0325 e. The van der Waals surface area contributed by atoms with Gasteiger partial charge in [0.25, 0.3) is 0 Å². The summed E-state index contributed by atoms with van der Waals surface area (Å²) in [5.41, 5.74) is 4.32. The second-order valence-corrected chi connectivity index (χ2v) is 5.31. The molecule has 0 spiro atoms. The molecule has 1 aromatic carbocycles. The Labute approximate surface area is 107 Å². The molecule has 0 aliphatic heterocycles. The average Bonchev–Trinajstić information content (AvgIpc) is 2.28. The molecule has 0 aliphatic rings. The summed E-state index contributed by atoms with van der Waals surface area (Å²) in [6.45, 7) is 11.2. The third kappa shape index (κ3) is 4.16. The first-order valence-corrected chi connectivity index (χ1v) is 6.88. The summed E-state index contributed by atoms with van der Waals surface area (Å²) in [5, 5.41) is 3.70. The Balaban J connectivity index is 2.90. The molecule has 1 atom stereocenters. The number of aryl methyl sites for hydroxylation is 1. The van der Waals surface area contributed by atoms with Crippen molar-refractivity contribution in [3.05, 3.63) is 34.9 Å². The van der Waals surface area contributed by atoms with Gasteiger partial charge in [0.1, 0.15) is 0 Å². The second kappa shape index (κ2) is 6.80. The van der Waals surface area contributed by atoms with Crippen LogP contribution >= 0.6 is 0 Å². The van der Waals surface area contributed by atoms with Crippen LogP contribution < -0.4 is 5.32 Å². The molecule has 0 bridgehead atoms. The lowest BCUT2D eigenvalue weighted by molar-refractivity contribution is 0.438. The Morgan fingerprint density at radius 1 is 1.18 bits per heavy atom. The SMILES string of the molecule is CCCCC(NC(C)C)c1cccc(C)c1C. The van der Waals surface area contributed by atoms with E-state index >= 15 is 0 Å². The molecule has 0 heterocycles. The summed E-state index contributed by atoms with van der Waals surface area (Å²) in [4.78, 5) is 0. The molecule has 0 radical (unpaired) electrons. The van der Waals surface area contributed by atoms with Crippen molar-refractivity contribution in [1.82, 2.24) is 5.32 Å². The lowest BCUT2D eigenvalue weighted by atomic mass is 9.94. The first-order chi connectivity index (χ1) is 8.06. The molecule has 0 amide bonds. The minimum Gasteiger partial charge on any atom is -0.308 e. The zero-order chi connectivity index (χ0) is 12.8. The highest BCUT2D eigenvalue weighted by Gasteiger charge is 2.14. The van der Waals surface area contributed by atoms with Gasteiger partial charge in [-0.15, -0.1) is 0 Å². The molecule has 0 aromatic heterocycles. The first kappa shape index (κ1) is 14.2. The lowest BCUT2D eigenvalue weighted by Crippen LogP contribution is -2.28. The first-order valence-electron chi connectivity index (χ1n) is 6.88. The lowest BCUT2D eigenvalue weighted by Gasteiger charge is -2.24. The van der Waals surface area contributed by atoms with E-state index in [0.717, 1.165) is 0 Å². The highest BCUT2D eigenvalue weighted by molar-refractivity contribution is 5.35. The summed E-state index contributed by atoms with van der Waals surface area (Å²) in [5.74, 6) is 0. The molecule has 1 N–H and O–H groups in total. The maximum absolute atomic E-state index is 3.70. The topological polar surface area (TPSA) is 12.0 Å². The zero-order valence-electron chi connectivity index (χ0n) is 12.0. The number of unbranched alkanes of at least 4 members (excludes halogenated alkanes) is 1. The van der Waals surface area contributed by atoms with Crippen LogP contribution in [0.2, 0.25) is 0 Å². The summed E-state index contributed by atoms with van der Waals surface area (Å²) >= 11 is 0. The number of hydrogen-bond donors (Lipinski definition) is 1. The Bertz CT molecular complexity index is 341. The van der Waals surface area contributed by atoms with Gasteiger partial charge < -0.3 is 5.32 Å². The predicted molar refractivity (Wildman–Crippen MR) is 76.5 cm³/mol. The second-order valence-electron chi connectivity index (χ2n) is 5.31. The van der Waals surface area contributed by atoms with Crippen molar-refractivity contribution in [2.24, 2.45) is 0 Å². The van der Waals surface area contributed by atoms with Crippen molar-refractivity contribution in [3.8, 4) is 0 Å². The van der Waals surface area contributed by atoms with Gasteiger partial charge in [0, 0.05) is 12.1 Å². The van der Waals surface area contributed by atoms with Crippen molar-refractivity contribution >= 4 is 0 Å². The van der Waals surface area contributed by atoms with Crippen LogP contribution in [0.5, 0.6) is 0 Å². The van der Waals surface area contributed by atoms with Crippen molar-refractivity contribution in [1.29, 1.82) is 0 Å². The maximum Gasteiger partial charge on any atom is 0.0325 e. The van der Waals surface area contributed by atoms with E-state index in [4.69, 9.17) is 0 Å². The van der Waals surface area contributed by atoms with Gasteiger partial charge in [0.05, 0.1) is 0 Å². The molecule has 1 nitrogen and oxygen atoms in total. The standard InChI is InChI=1S/C16H27N/c1-6-7-11-16(17-12(2)3)15-10-8-9-13(4)14(15)5/h8-10,12,16-17H,6-7,11H2,1-5H3. The molecule has 0 aliphatic carbocycles. The molecule has 1 rings (SSSR count). The van der Waals surface area contributed by atoms with Crippen molar-refractivity contribution < 1.29 is 0 Å². The molecular formula is C16H27N. The number of benzene rings is 1. The highest BCUT2D eigenvalue weighted by Crippen LogP contribution is 2.25. The van der Waals surface area contributed by atoms with E-state index in [9.17, 15) is 0 Å². The molecule has 17 heavy (non-hydrogen) atoms. The highest BCUT2D eigenvalue weighted by atomic mass is 14.9. The minimum atomic E-state index is 0.509. The van der Waals surface area contributed by atoms with E-state index in [2.05, 4.69) is 58.1 Å². The third-order valence-corrected chi connectivity index (χ3v) is 3.40. The Morgan fingerprint density at radius 2 is 1.88 bits per heavy atom. The molecule has 96 valence electrons. The van der Waals surface area contributed by atoms with Crippen molar-refractivity contribution in [3.63, 3.8) is 0 Å². The van der Waals surface area contributed by atoms with Gasteiger partial charge in [-0.2, -0.15) is 0 Å². The third-order valence-electron chi connectivity index (χ3n) is 3.40.